The van der Waals surface area contributed by atoms with Crippen LogP contribution in [-0.4, -0.2) is 41.8 Å². The van der Waals surface area contributed by atoms with Gasteiger partial charge >= 0.3 is 12.1 Å². The lowest BCUT2D eigenvalue weighted by molar-refractivity contribution is -0.174. The van der Waals surface area contributed by atoms with Gasteiger partial charge in [0.15, 0.2) is 0 Å². The lowest BCUT2D eigenvalue weighted by Gasteiger charge is -2.39. The second-order valence-corrected chi connectivity index (χ2v) is 8.81. The van der Waals surface area contributed by atoms with E-state index in [1.54, 1.807) is 4.90 Å². The highest BCUT2D eigenvalue weighted by atomic mass is 16.6. The van der Waals surface area contributed by atoms with Gasteiger partial charge in [0.2, 0.25) is 0 Å². The van der Waals surface area contributed by atoms with Crippen LogP contribution in [0.1, 0.15) is 31.4 Å². The molecule has 6 nitrogen and oxygen atoms in total. The van der Waals surface area contributed by atoms with Gasteiger partial charge in [0, 0.05) is 18.4 Å². The summed E-state index contributed by atoms with van der Waals surface area (Å²) in [5.41, 5.74) is 1.37. The number of amides is 1. The lowest BCUT2D eigenvalue weighted by atomic mass is 9.76. The van der Waals surface area contributed by atoms with Crippen LogP contribution < -0.4 is 0 Å². The van der Waals surface area contributed by atoms with Crippen LogP contribution in [-0.2, 0) is 32.2 Å². The third-order valence-corrected chi connectivity index (χ3v) is 6.32. The first-order chi connectivity index (χ1) is 14.9. The number of hydrogen-bond donors (Lipinski definition) is 0. The molecule has 0 aliphatic carbocycles. The molecular formula is C25H29NO5. The Kier molecular flexibility index (Phi) is 6.28. The summed E-state index contributed by atoms with van der Waals surface area (Å²) in [5, 5.41) is 0. The zero-order valence-electron chi connectivity index (χ0n) is 18.0. The molecule has 2 aromatic rings. The van der Waals surface area contributed by atoms with E-state index in [0.29, 0.717) is 19.8 Å². The Hall–Kier alpha value is -2.86. The molecule has 2 saturated heterocycles. The number of esters is 1. The molecule has 31 heavy (non-hydrogen) atoms. The minimum Gasteiger partial charge on any atom is -0.459 e. The van der Waals surface area contributed by atoms with Crippen LogP contribution in [0.3, 0.4) is 0 Å². The van der Waals surface area contributed by atoms with E-state index in [9.17, 15) is 9.59 Å². The van der Waals surface area contributed by atoms with Crippen molar-refractivity contribution >= 4 is 12.1 Å². The van der Waals surface area contributed by atoms with Gasteiger partial charge in [-0.25, -0.2) is 4.79 Å². The predicted octanol–water partition coefficient (Wildman–Crippen LogP) is 4.18. The topological polar surface area (TPSA) is 65.1 Å². The summed E-state index contributed by atoms with van der Waals surface area (Å²) in [6.45, 7) is 5.33. The van der Waals surface area contributed by atoms with E-state index in [1.807, 2.05) is 74.5 Å². The Bertz CT molecular complexity index is 899. The van der Waals surface area contributed by atoms with Crippen LogP contribution in [0.25, 0.3) is 0 Å². The maximum Gasteiger partial charge on any atom is 0.410 e. The van der Waals surface area contributed by atoms with Gasteiger partial charge in [-0.3, -0.25) is 4.79 Å². The molecule has 164 valence electrons. The quantitative estimate of drug-likeness (QED) is 0.652. The minimum absolute atomic E-state index is 0.0173. The molecular weight excluding hydrogens is 394 g/mol. The smallest absolute Gasteiger partial charge is 0.410 e. The van der Waals surface area contributed by atoms with Crippen molar-refractivity contribution in [3.05, 3.63) is 71.8 Å². The summed E-state index contributed by atoms with van der Waals surface area (Å²) in [4.78, 5) is 27.0. The van der Waals surface area contributed by atoms with Crippen molar-refractivity contribution in [2.24, 2.45) is 11.8 Å². The summed E-state index contributed by atoms with van der Waals surface area (Å²) in [7, 11) is 0. The Labute approximate surface area is 183 Å². The highest BCUT2D eigenvalue weighted by Gasteiger charge is 2.55. The largest absolute Gasteiger partial charge is 0.459 e. The first-order valence-electron chi connectivity index (χ1n) is 10.7. The Morgan fingerprint density at radius 2 is 1.65 bits per heavy atom. The fraction of sp³-hybridized carbons (Fsp3) is 0.440. The average Bonchev–Trinajstić information content (AvgIpc) is 3.12. The Morgan fingerprint density at radius 3 is 2.29 bits per heavy atom. The van der Waals surface area contributed by atoms with Crippen molar-refractivity contribution in [2.45, 2.75) is 45.1 Å². The molecule has 1 amide bonds. The van der Waals surface area contributed by atoms with E-state index >= 15 is 0 Å². The molecule has 3 atom stereocenters. The molecule has 0 saturated carbocycles. The van der Waals surface area contributed by atoms with Gasteiger partial charge < -0.3 is 19.1 Å². The van der Waals surface area contributed by atoms with Gasteiger partial charge in [-0.2, -0.15) is 0 Å². The fourth-order valence-corrected chi connectivity index (χ4v) is 4.70. The molecule has 2 fully saturated rings. The number of fused-ring (bicyclic) bond motifs is 1. The number of carbonyl (C=O) groups excluding carboxylic acids is 2. The molecule has 0 aromatic heterocycles. The average molecular weight is 424 g/mol. The van der Waals surface area contributed by atoms with Crippen molar-refractivity contribution in [2.75, 3.05) is 13.2 Å². The first-order valence-corrected chi connectivity index (χ1v) is 10.7. The molecule has 0 unspecified atom stereocenters. The van der Waals surface area contributed by atoms with Crippen LogP contribution in [0.15, 0.2) is 60.7 Å². The maximum atomic E-state index is 13.0. The van der Waals surface area contributed by atoms with E-state index in [0.717, 1.165) is 11.1 Å². The third-order valence-electron chi connectivity index (χ3n) is 6.32. The number of hydrogen-bond acceptors (Lipinski definition) is 5. The highest BCUT2D eigenvalue weighted by Crippen LogP contribution is 2.44. The second-order valence-electron chi connectivity index (χ2n) is 8.81. The number of ether oxygens (including phenoxy) is 3. The standard InChI is InChI=1S/C25H29NO5/c1-25(2)21-14-26(24(28)30-16-19-11-7-4-8-12-19)22(20(21)13-23(27)31-25)17-29-15-18-9-5-3-6-10-18/h3-12,20-22H,13-17H2,1-2H3/t20-,21-,22+/m0/s1. The monoisotopic (exact) mass is 423 g/mol. The van der Waals surface area contributed by atoms with E-state index in [-0.39, 0.29) is 43.0 Å². The van der Waals surface area contributed by atoms with Crippen molar-refractivity contribution in [1.82, 2.24) is 4.90 Å². The normalized spacial score (nSPS) is 24.4. The molecule has 4 rings (SSSR count). The Morgan fingerprint density at radius 1 is 1.03 bits per heavy atom. The van der Waals surface area contributed by atoms with Crippen LogP contribution >= 0.6 is 0 Å². The summed E-state index contributed by atoms with van der Waals surface area (Å²) >= 11 is 0. The molecule has 0 N–H and O–H groups in total. The first kappa shape index (κ1) is 21.4. The van der Waals surface area contributed by atoms with Crippen molar-refractivity contribution < 1.29 is 23.8 Å². The van der Waals surface area contributed by atoms with Gasteiger partial charge in [-0.15, -0.1) is 0 Å². The van der Waals surface area contributed by atoms with E-state index < -0.39 is 5.60 Å². The second kappa shape index (κ2) is 9.10. The molecule has 2 aromatic carbocycles. The van der Waals surface area contributed by atoms with Crippen LogP contribution in [0.2, 0.25) is 0 Å². The SMILES string of the molecule is CC1(C)OC(=O)C[C@@H]2[C@@H](COCc3ccccc3)N(C(=O)OCc3ccccc3)C[C@@H]21. The number of nitrogens with zero attached hydrogens (tertiary/aromatic N) is 1. The lowest BCUT2D eigenvalue weighted by Crippen LogP contribution is -2.47. The summed E-state index contributed by atoms with van der Waals surface area (Å²) in [6.07, 6.45) is -0.0922. The maximum absolute atomic E-state index is 13.0. The number of cyclic esters (lactones) is 1. The van der Waals surface area contributed by atoms with Crippen molar-refractivity contribution in [3.63, 3.8) is 0 Å². The van der Waals surface area contributed by atoms with Crippen LogP contribution in [0.4, 0.5) is 4.79 Å². The molecule has 2 heterocycles. The summed E-state index contributed by atoms with van der Waals surface area (Å²) in [5.74, 6) is -0.199. The molecule has 2 aliphatic heterocycles. The molecule has 0 spiro atoms. The van der Waals surface area contributed by atoms with Gasteiger partial charge in [-0.1, -0.05) is 60.7 Å². The van der Waals surface area contributed by atoms with Crippen molar-refractivity contribution in [1.29, 1.82) is 0 Å². The zero-order valence-corrected chi connectivity index (χ0v) is 18.0. The predicted molar refractivity (Wildman–Crippen MR) is 115 cm³/mol. The van der Waals surface area contributed by atoms with E-state index in [1.165, 1.54) is 0 Å². The fourth-order valence-electron chi connectivity index (χ4n) is 4.70. The van der Waals surface area contributed by atoms with Gasteiger partial charge in [0.1, 0.15) is 12.2 Å². The Balaban J connectivity index is 1.47. The van der Waals surface area contributed by atoms with Crippen LogP contribution in [0, 0.1) is 11.8 Å². The van der Waals surface area contributed by atoms with Gasteiger partial charge in [0.05, 0.1) is 25.7 Å². The van der Waals surface area contributed by atoms with Crippen LogP contribution in [0.5, 0.6) is 0 Å². The van der Waals surface area contributed by atoms with E-state index in [4.69, 9.17) is 14.2 Å². The van der Waals surface area contributed by atoms with Gasteiger partial charge in [0.25, 0.3) is 0 Å². The minimum atomic E-state index is -0.633. The number of rotatable bonds is 6. The molecule has 2 aliphatic rings. The molecule has 0 radical (unpaired) electrons. The number of carbonyl (C=O) groups is 2. The highest BCUT2D eigenvalue weighted by molar-refractivity contribution is 5.73. The van der Waals surface area contributed by atoms with E-state index in [2.05, 4.69) is 0 Å². The number of benzene rings is 2. The summed E-state index contributed by atoms with van der Waals surface area (Å²) in [6, 6.07) is 19.3. The zero-order chi connectivity index (χ0) is 21.8. The molecule has 6 heteroatoms. The molecule has 0 bridgehead atoms. The summed E-state index contributed by atoms with van der Waals surface area (Å²) < 4.78 is 17.2. The van der Waals surface area contributed by atoms with Crippen molar-refractivity contribution in [3.8, 4) is 0 Å². The third kappa shape index (κ3) is 4.90. The number of likely N-dealkylation sites (tertiary alicyclic amines) is 1. The van der Waals surface area contributed by atoms with Gasteiger partial charge in [-0.05, 0) is 25.0 Å².